The van der Waals surface area contributed by atoms with Crippen LogP contribution in [0, 0.1) is 0 Å². The number of nitrogens with zero attached hydrogens (tertiary/aromatic N) is 1. The third-order valence-corrected chi connectivity index (χ3v) is 6.28. The Morgan fingerprint density at radius 1 is 0.970 bits per heavy atom. The van der Waals surface area contributed by atoms with Gasteiger partial charge in [0.15, 0.2) is 0 Å². The Balaban J connectivity index is 1.62. The first-order valence-electron chi connectivity index (χ1n) is 10.3. The molecular formula is C25H23NO6S. The third kappa shape index (κ3) is 4.56. The number of likely N-dealkylation sites (tertiary alicyclic amines) is 1. The van der Waals surface area contributed by atoms with Gasteiger partial charge in [0.2, 0.25) is 0 Å². The van der Waals surface area contributed by atoms with Gasteiger partial charge in [0.05, 0.1) is 32.4 Å². The van der Waals surface area contributed by atoms with Crippen LogP contribution in [0.25, 0.3) is 5.76 Å². The van der Waals surface area contributed by atoms with Crippen LogP contribution in [0.1, 0.15) is 16.5 Å². The minimum Gasteiger partial charge on any atom is -0.507 e. The van der Waals surface area contributed by atoms with Crippen molar-refractivity contribution in [1.82, 2.24) is 4.90 Å². The fourth-order valence-electron chi connectivity index (χ4n) is 3.71. The van der Waals surface area contributed by atoms with E-state index in [0.717, 1.165) is 4.88 Å². The topological polar surface area (TPSA) is 85.3 Å². The second-order valence-corrected chi connectivity index (χ2v) is 8.24. The number of aliphatic hydroxyl groups excluding tert-OH is 1. The van der Waals surface area contributed by atoms with Crippen molar-refractivity contribution in [2.24, 2.45) is 0 Å². The Kier molecular flexibility index (Phi) is 6.65. The van der Waals surface area contributed by atoms with Crippen LogP contribution in [0.5, 0.6) is 17.2 Å². The van der Waals surface area contributed by atoms with Crippen molar-refractivity contribution in [3.63, 3.8) is 0 Å². The van der Waals surface area contributed by atoms with Crippen LogP contribution >= 0.6 is 11.3 Å². The molecule has 2 heterocycles. The summed E-state index contributed by atoms with van der Waals surface area (Å²) in [5, 5.41) is 12.9. The zero-order valence-corrected chi connectivity index (χ0v) is 19.0. The number of benzene rings is 2. The maximum Gasteiger partial charge on any atom is 0.295 e. The number of carbonyl (C=O) groups excluding carboxylic acids is 2. The van der Waals surface area contributed by atoms with Gasteiger partial charge in [0.25, 0.3) is 11.7 Å². The fraction of sp³-hybridized carbons (Fsp3) is 0.200. The number of methoxy groups -OCH3 is 2. The van der Waals surface area contributed by atoms with E-state index >= 15 is 0 Å². The standard InChI is InChI=1S/C25H23NO6S/c1-30-17-8-10-18(11-9-17)32-13-12-26-22(20-7-4-14-33-20)21(24(28)25(26)29)23(27)16-5-3-6-19(15-16)31-2/h3-11,14-15,22,27H,12-13H2,1-2H3/b23-21-. The van der Waals surface area contributed by atoms with Crippen molar-refractivity contribution >= 4 is 28.8 Å². The van der Waals surface area contributed by atoms with Crippen LogP contribution in [-0.4, -0.2) is 49.1 Å². The number of rotatable bonds is 8. The van der Waals surface area contributed by atoms with Gasteiger partial charge in [0, 0.05) is 10.4 Å². The van der Waals surface area contributed by atoms with Gasteiger partial charge in [-0.25, -0.2) is 0 Å². The number of aliphatic hydroxyl groups is 1. The van der Waals surface area contributed by atoms with Crippen LogP contribution in [0.4, 0.5) is 0 Å². The summed E-state index contributed by atoms with van der Waals surface area (Å²) in [5.74, 6) is 0.243. The molecule has 1 aliphatic rings. The lowest BCUT2D eigenvalue weighted by atomic mass is 10.00. The predicted octanol–water partition coefficient (Wildman–Crippen LogP) is 4.27. The quantitative estimate of drug-likeness (QED) is 0.304. The van der Waals surface area contributed by atoms with Gasteiger partial charge >= 0.3 is 0 Å². The number of ketones is 1. The highest BCUT2D eigenvalue weighted by molar-refractivity contribution is 7.10. The highest BCUT2D eigenvalue weighted by Crippen LogP contribution is 2.41. The summed E-state index contributed by atoms with van der Waals surface area (Å²) in [4.78, 5) is 28.2. The lowest BCUT2D eigenvalue weighted by Gasteiger charge is -2.24. The largest absolute Gasteiger partial charge is 0.507 e. The normalized spacial score (nSPS) is 17.3. The van der Waals surface area contributed by atoms with E-state index in [0.29, 0.717) is 22.8 Å². The first-order chi connectivity index (χ1) is 16.0. The van der Waals surface area contributed by atoms with Gasteiger partial charge in [0.1, 0.15) is 29.6 Å². The summed E-state index contributed by atoms with van der Waals surface area (Å²) in [6, 6.07) is 16.8. The number of ether oxygens (including phenoxy) is 3. The summed E-state index contributed by atoms with van der Waals surface area (Å²) in [5.41, 5.74) is 0.462. The van der Waals surface area contributed by atoms with Gasteiger partial charge in [-0.2, -0.15) is 0 Å². The summed E-state index contributed by atoms with van der Waals surface area (Å²) >= 11 is 1.42. The molecule has 7 nitrogen and oxygen atoms in total. The fourth-order valence-corrected chi connectivity index (χ4v) is 4.56. The summed E-state index contributed by atoms with van der Waals surface area (Å²) < 4.78 is 16.1. The van der Waals surface area contributed by atoms with E-state index in [4.69, 9.17) is 14.2 Å². The molecule has 1 N–H and O–H groups in total. The minimum absolute atomic E-state index is 0.0557. The van der Waals surface area contributed by atoms with Crippen LogP contribution in [0.2, 0.25) is 0 Å². The molecule has 3 aromatic rings. The van der Waals surface area contributed by atoms with Crippen LogP contribution < -0.4 is 14.2 Å². The molecule has 1 fully saturated rings. The highest BCUT2D eigenvalue weighted by Gasteiger charge is 2.46. The first-order valence-corrected chi connectivity index (χ1v) is 11.1. The van der Waals surface area contributed by atoms with Crippen molar-refractivity contribution in [1.29, 1.82) is 0 Å². The molecule has 0 radical (unpaired) electrons. The predicted molar refractivity (Wildman–Crippen MR) is 125 cm³/mol. The Labute approximate surface area is 195 Å². The van der Waals surface area contributed by atoms with Crippen LogP contribution in [-0.2, 0) is 9.59 Å². The Hall–Kier alpha value is -3.78. The molecule has 1 atom stereocenters. The molecule has 0 aliphatic carbocycles. The SMILES string of the molecule is COc1ccc(OCCN2C(=O)C(=O)/C(=C(\O)c3cccc(OC)c3)C2c2cccs2)cc1. The van der Waals surface area contributed by atoms with E-state index in [-0.39, 0.29) is 24.5 Å². The number of Topliss-reactive ketones (excluding diaryl/α,β-unsaturated/α-hetero) is 1. The van der Waals surface area contributed by atoms with Crippen molar-refractivity contribution in [3.05, 3.63) is 82.1 Å². The smallest absolute Gasteiger partial charge is 0.295 e. The highest BCUT2D eigenvalue weighted by atomic mass is 32.1. The molecule has 0 bridgehead atoms. The van der Waals surface area contributed by atoms with Gasteiger partial charge in [-0.1, -0.05) is 18.2 Å². The van der Waals surface area contributed by atoms with E-state index in [1.54, 1.807) is 55.6 Å². The molecular weight excluding hydrogens is 442 g/mol. The molecule has 33 heavy (non-hydrogen) atoms. The zero-order chi connectivity index (χ0) is 23.4. The zero-order valence-electron chi connectivity index (χ0n) is 18.2. The maximum absolute atomic E-state index is 13.0. The second-order valence-electron chi connectivity index (χ2n) is 7.26. The number of hydrogen-bond donors (Lipinski definition) is 1. The summed E-state index contributed by atoms with van der Waals surface area (Å²) in [6.45, 7) is 0.356. The second kappa shape index (κ2) is 9.79. The molecule has 170 valence electrons. The molecule has 0 spiro atoms. The van der Waals surface area contributed by atoms with Gasteiger partial charge in [-0.15, -0.1) is 11.3 Å². The summed E-state index contributed by atoms with van der Waals surface area (Å²) in [7, 11) is 3.11. The molecule has 1 saturated heterocycles. The number of carbonyl (C=O) groups is 2. The molecule has 4 rings (SSSR count). The molecule has 1 amide bonds. The van der Waals surface area contributed by atoms with Gasteiger partial charge in [-0.3, -0.25) is 9.59 Å². The molecule has 8 heteroatoms. The molecule has 0 saturated carbocycles. The Bertz CT molecular complexity index is 1170. The lowest BCUT2D eigenvalue weighted by molar-refractivity contribution is -0.140. The maximum atomic E-state index is 13.0. The van der Waals surface area contributed by atoms with Gasteiger partial charge in [-0.05, 0) is 47.8 Å². The Morgan fingerprint density at radius 2 is 1.70 bits per heavy atom. The van der Waals surface area contributed by atoms with Crippen LogP contribution in [0.3, 0.4) is 0 Å². The molecule has 1 aliphatic heterocycles. The third-order valence-electron chi connectivity index (χ3n) is 5.36. The van der Waals surface area contributed by atoms with Crippen molar-refractivity contribution in [2.45, 2.75) is 6.04 Å². The average Bonchev–Trinajstić information content (AvgIpc) is 3.47. The van der Waals surface area contributed by atoms with E-state index in [9.17, 15) is 14.7 Å². The van der Waals surface area contributed by atoms with Crippen molar-refractivity contribution in [2.75, 3.05) is 27.4 Å². The lowest BCUT2D eigenvalue weighted by Crippen LogP contribution is -2.33. The van der Waals surface area contributed by atoms with E-state index in [1.165, 1.54) is 23.3 Å². The van der Waals surface area contributed by atoms with E-state index < -0.39 is 17.7 Å². The minimum atomic E-state index is -0.724. The summed E-state index contributed by atoms with van der Waals surface area (Å²) in [6.07, 6.45) is 0. The molecule has 2 aromatic carbocycles. The van der Waals surface area contributed by atoms with E-state index in [1.807, 2.05) is 17.5 Å². The number of thiophene rings is 1. The number of hydrogen-bond acceptors (Lipinski definition) is 7. The number of amides is 1. The first kappa shape index (κ1) is 22.4. The Morgan fingerprint density at radius 3 is 2.36 bits per heavy atom. The van der Waals surface area contributed by atoms with Crippen LogP contribution in [0.15, 0.2) is 71.6 Å². The molecule has 1 unspecified atom stereocenters. The average molecular weight is 466 g/mol. The monoisotopic (exact) mass is 465 g/mol. The van der Waals surface area contributed by atoms with Crippen molar-refractivity contribution < 1.29 is 28.9 Å². The van der Waals surface area contributed by atoms with E-state index in [2.05, 4.69) is 0 Å². The van der Waals surface area contributed by atoms with Crippen molar-refractivity contribution in [3.8, 4) is 17.2 Å². The molecule has 1 aromatic heterocycles. The van der Waals surface area contributed by atoms with Gasteiger partial charge < -0.3 is 24.2 Å².